The topological polar surface area (TPSA) is 86.8 Å². The van der Waals surface area contributed by atoms with Gasteiger partial charge in [-0.3, -0.25) is 13.9 Å². The maximum atomic E-state index is 13.7. The Hall–Kier alpha value is -2.29. The molecule has 0 heterocycles. The lowest BCUT2D eigenvalue weighted by atomic mass is 10.1. The zero-order valence-corrected chi connectivity index (χ0v) is 23.0. The first-order valence-electron chi connectivity index (χ1n) is 11.5. The Morgan fingerprint density at radius 1 is 1.06 bits per heavy atom. The third kappa shape index (κ3) is 8.12. The van der Waals surface area contributed by atoms with Crippen molar-refractivity contribution in [1.29, 1.82) is 0 Å². The van der Waals surface area contributed by atoms with E-state index in [0.29, 0.717) is 11.4 Å². The number of nitrogens with one attached hydrogen (secondary N) is 1. The molecule has 0 aliphatic rings. The van der Waals surface area contributed by atoms with Gasteiger partial charge in [0.05, 0.1) is 17.0 Å². The van der Waals surface area contributed by atoms with Crippen LogP contribution in [0.3, 0.4) is 0 Å². The fourth-order valence-corrected chi connectivity index (χ4v) is 5.07. The molecule has 2 rings (SSSR count). The quantitative estimate of drug-likeness (QED) is 0.443. The molecule has 0 saturated heterocycles. The summed E-state index contributed by atoms with van der Waals surface area (Å²) >= 11 is 12.2. The SMILES string of the molecule is CC[C@H](C)NC(=O)[C@H](CC)N(Cc1cccc(C)c1)C(=O)CN(c1ccc(Cl)cc1Cl)S(C)(=O)=O. The summed E-state index contributed by atoms with van der Waals surface area (Å²) < 4.78 is 26.3. The minimum atomic E-state index is -3.88. The molecule has 0 fully saturated rings. The second-order valence-electron chi connectivity index (χ2n) is 8.62. The number of anilines is 1. The number of rotatable bonds is 11. The van der Waals surface area contributed by atoms with Crippen LogP contribution in [-0.2, 0) is 26.2 Å². The highest BCUT2D eigenvalue weighted by atomic mass is 35.5. The Kier molecular flexibility index (Phi) is 10.4. The number of carbonyl (C=O) groups excluding carboxylic acids is 2. The zero-order chi connectivity index (χ0) is 26.3. The van der Waals surface area contributed by atoms with Gasteiger partial charge in [0.2, 0.25) is 21.8 Å². The van der Waals surface area contributed by atoms with E-state index in [1.165, 1.54) is 23.1 Å². The van der Waals surface area contributed by atoms with E-state index >= 15 is 0 Å². The van der Waals surface area contributed by atoms with Crippen molar-refractivity contribution < 1.29 is 18.0 Å². The van der Waals surface area contributed by atoms with E-state index in [4.69, 9.17) is 23.2 Å². The van der Waals surface area contributed by atoms with E-state index < -0.39 is 28.5 Å². The second-order valence-corrected chi connectivity index (χ2v) is 11.4. The van der Waals surface area contributed by atoms with Gasteiger partial charge in [0.1, 0.15) is 12.6 Å². The van der Waals surface area contributed by atoms with Crippen LogP contribution < -0.4 is 9.62 Å². The molecule has 0 radical (unpaired) electrons. The van der Waals surface area contributed by atoms with E-state index in [9.17, 15) is 18.0 Å². The smallest absolute Gasteiger partial charge is 0.244 e. The Bertz CT molecular complexity index is 1160. The number of amides is 2. The number of aryl methyl sites for hydroxylation is 1. The molecule has 0 spiro atoms. The largest absolute Gasteiger partial charge is 0.352 e. The molecular formula is C25H33Cl2N3O4S. The summed E-state index contributed by atoms with van der Waals surface area (Å²) in [5.74, 6) is -0.799. The van der Waals surface area contributed by atoms with Crippen molar-refractivity contribution in [3.05, 3.63) is 63.6 Å². The summed E-state index contributed by atoms with van der Waals surface area (Å²) in [6.07, 6.45) is 2.11. The molecule has 2 amide bonds. The summed E-state index contributed by atoms with van der Waals surface area (Å²) in [6.45, 7) is 7.25. The van der Waals surface area contributed by atoms with Crippen molar-refractivity contribution in [2.45, 2.75) is 59.2 Å². The third-order valence-corrected chi connectivity index (χ3v) is 7.34. The first-order valence-corrected chi connectivity index (χ1v) is 14.1. The standard InChI is InChI=1S/C25H33Cl2N3O4S/c1-6-18(4)28-25(32)22(7-2)29(15-19-10-8-9-17(3)13-19)24(31)16-30(35(5,33)34)23-12-11-20(26)14-21(23)27/h8-14,18,22H,6-7,15-16H2,1-5H3,(H,28,32)/t18-,22-/m0/s1. The zero-order valence-electron chi connectivity index (χ0n) is 20.7. The first-order chi connectivity index (χ1) is 16.4. The van der Waals surface area contributed by atoms with Crippen LogP contribution in [0.1, 0.15) is 44.7 Å². The van der Waals surface area contributed by atoms with Crippen molar-refractivity contribution in [2.75, 3.05) is 17.1 Å². The fraction of sp³-hybridized carbons (Fsp3) is 0.440. The lowest BCUT2D eigenvalue weighted by molar-refractivity contribution is -0.140. The number of carbonyl (C=O) groups is 2. The van der Waals surface area contributed by atoms with Crippen molar-refractivity contribution in [3.8, 4) is 0 Å². The molecular weight excluding hydrogens is 509 g/mol. The summed E-state index contributed by atoms with van der Waals surface area (Å²) in [5.41, 5.74) is 1.99. The number of nitrogens with zero attached hydrogens (tertiary/aromatic N) is 2. The Labute approximate surface area is 218 Å². The fourth-order valence-electron chi connectivity index (χ4n) is 3.65. The highest BCUT2D eigenvalue weighted by molar-refractivity contribution is 7.92. The molecule has 2 aromatic carbocycles. The van der Waals surface area contributed by atoms with Gasteiger partial charge in [0.25, 0.3) is 0 Å². The molecule has 2 aromatic rings. The lowest BCUT2D eigenvalue weighted by Crippen LogP contribution is -2.53. The molecule has 10 heteroatoms. The number of benzene rings is 2. The minimum absolute atomic E-state index is 0.0622. The molecule has 0 saturated carbocycles. The number of hydrogen-bond donors (Lipinski definition) is 1. The molecule has 35 heavy (non-hydrogen) atoms. The molecule has 7 nitrogen and oxygen atoms in total. The van der Waals surface area contributed by atoms with E-state index in [0.717, 1.165) is 28.1 Å². The molecule has 0 aliphatic carbocycles. The van der Waals surface area contributed by atoms with Crippen LogP contribution in [0.2, 0.25) is 10.0 Å². The predicted octanol–water partition coefficient (Wildman–Crippen LogP) is 4.79. The van der Waals surface area contributed by atoms with Gasteiger partial charge in [-0.15, -0.1) is 0 Å². The lowest BCUT2D eigenvalue weighted by Gasteiger charge is -2.33. The van der Waals surface area contributed by atoms with Crippen LogP contribution in [0.25, 0.3) is 0 Å². The van der Waals surface area contributed by atoms with E-state index in [1.807, 2.05) is 52.0 Å². The number of halogens is 2. The maximum Gasteiger partial charge on any atom is 0.244 e. The summed E-state index contributed by atoms with van der Waals surface area (Å²) in [4.78, 5) is 28.2. The average molecular weight is 543 g/mol. The van der Waals surface area contributed by atoms with Crippen LogP contribution >= 0.6 is 23.2 Å². The van der Waals surface area contributed by atoms with Crippen molar-refractivity contribution in [2.24, 2.45) is 0 Å². The Morgan fingerprint density at radius 2 is 1.74 bits per heavy atom. The molecule has 0 aromatic heterocycles. The maximum absolute atomic E-state index is 13.7. The van der Waals surface area contributed by atoms with Gasteiger partial charge >= 0.3 is 0 Å². The van der Waals surface area contributed by atoms with E-state index in [-0.39, 0.29) is 29.2 Å². The van der Waals surface area contributed by atoms with Crippen LogP contribution in [0.4, 0.5) is 5.69 Å². The summed E-state index contributed by atoms with van der Waals surface area (Å²) in [6, 6.07) is 11.2. The van der Waals surface area contributed by atoms with Gasteiger partial charge in [-0.25, -0.2) is 8.42 Å². The first kappa shape index (κ1) is 28.9. The normalized spacial score (nSPS) is 13.1. The molecule has 1 N–H and O–H groups in total. The van der Waals surface area contributed by atoms with E-state index in [1.54, 1.807) is 0 Å². The third-order valence-electron chi connectivity index (χ3n) is 5.68. The van der Waals surface area contributed by atoms with Gasteiger partial charge in [-0.2, -0.15) is 0 Å². The summed E-state index contributed by atoms with van der Waals surface area (Å²) in [5, 5.41) is 3.38. The second kappa shape index (κ2) is 12.6. The highest BCUT2D eigenvalue weighted by Crippen LogP contribution is 2.30. The summed E-state index contributed by atoms with van der Waals surface area (Å²) in [7, 11) is -3.88. The van der Waals surface area contributed by atoms with Crippen LogP contribution in [0, 0.1) is 6.92 Å². The monoisotopic (exact) mass is 541 g/mol. The molecule has 2 atom stereocenters. The number of hydrogen-bond acceptors (Lipinski definition) is 4. The van der Waals surface area contributed by atoms with Gasteiger partial charge in [0.15, 0.2) is 0 Å². The van der Waals surface area contributed by atoms with Gasteiger partial charge in [-0.05, 0) is 50.5 Å². The van der Waals surface area contributed by atoms with Crippen LogP contribution in [0.15, 0.2) is 42.5 Å². The Morgan fingerprint density at radius 3 is 2.29 bits per heavy atom. The Balaban J connectivity index is 2.47. The van der Waals surface area contributed by atoms with Crippen LogP contribution in [0.5, 0.6) is 0 Å². The van der Waals surface area contributed by atoms with Gasteiger partial charge < -0.3 is 10.2 Å². The van der Waals surface area contributed by atoms with E-state index in [2.05, 4.69) is 5.32 Å². The highest BCUT2D eigenvalue weighted by Gasteiger charge is 2.32. The average Bonchev–Trinajstić information content (AvgIpc) is 2.76. The molecule has 0 aliphatic heterocycles. The van der Waals surface area contributed by atoms with Crippen molar-refractivity contribution in [1.82, 2.24) is 10.2 Å². The van der Waals surface area contributed by atoms with Crippen LogP contribution in [-0.4, -0.2) is 50.0 Å². The molecule has 0 unspecified atom stereocenters. The predicted molar refractivity (Wildman–Crippen MR) is 142 cm³/mol. The molecule has 192 valence electrons. The molecule has 0 bridgehead atoms. The number of sulfonamides is 1. The van der Waals surface area contributed by atoms with Crippen molar-refractivity contribution >= 4 is 50.7 Å². The minimum Gasteiger partial charge on any atom is -0.352 e. The van der Waals surface area contributed by atoms with Gasteiger partial charge in [0, 0.05) is 17.6 Å². The van der Waals surface area contributed by atoms with Crippen molar-refractivity contribution in [3.63, 3.8) is 0 Å². The van der Waals surface area contributed by atoms with Gasteiger partial charge in [-0.1, -0.05) is 66.9 Å².